The smallest absolute Gasteiger partial charge is 0.410 e. The molecule has 1 aliphatic heterocycles. The molecule has 2 unspecified atom stereocenters. The van der Waals surface area contributed by atoms with Gasteiger partial charge in [0, 0.05) is 51.1 Å². The SMILES string of the molecule is CC(C)(C)OC(=O)N1CC2CC(CC#N)(n3cc(-c4ncnc5c4ccn5COCC[Si](C)(C)C)cn3)CC2C1. The normalized spacial score (nSPS) is 23.0. The third kappa shape index (κ3) is 5.93. The van der Waals surface area contributed by atoms with Crippen LogP contribution in [-0.2, 0) is 21.7 Å². The minimum absolute atomic E-state index is 0.254. The molecular weight excluding hydrogens is 522 g/mol. The fourth-order valence-corrected chi connectivity index (χ4v) is 6.84. The van der Waals surface area contributed by atoms with Crippen LogP contribution in [0.15, 0.2) is 31.0 Å². The van der Waals surface area contributed by atoms with Gasteiger partial charge in [-0.25, -0.2) is 14.8 Å². The van der Waals surface area contributed by atoms with E-state index in [9.17, 15) is 10.1 Å². The summed E-state index contributed by atoms with van der Waals surface area (Å²) in [6.45, 7) is 15.2. The number of amides is 1. The van der Waals surface area contributed by atoms with Gasteiger partial charge in [0.15, 0.2) is 0 Å². The predicted molar refractivity (Wildman–Crippen MR) is 155 cm³/mol. The summed E-state index contributed by atoms with van der Waals surface area (Å²) in [6.07, 6.45) is 9.16. The van der Waals surface area contributed by atoms with Crippen molar-refractivity contribution in [2.45, 2.75) is 83.6 Å². The zero-order valence-electron chi connectivity index (χ0n) is 24.6. The first kappa shape index (κ1) is 28.3. The number of fused-ring (bicyclic) bond motifs is 2. The number of ether oxygens (including phenoxy) is 2. The molecule has 1 aliphatic carbocycles. The highest BCUT2D eigenvalue weighted by molar-refractivity contribution is 6.76. The highest BCUT2D eigenvalue weighted by Gasteiger charge is 2.52. The van der Waals surface area contributed by atoms with Crippen molar-refractivity contribution in [3.63, 3.8) is 0 Å². The molecule has 5 rings (SSSR count). The van der Waals surface area contributed by atoms with Crippen LogP contribution in [0.2, 0.25) is 25.7 Å². The molecule has 40 heavy (non-hydrogen) atoms. The zero-order valence-corrected chi connectivity index (χ0v) is 25.6. The van der Waals surface area contributed by atoms with Crippen LogP contribution in [0.4, 0.5) is 4.79 Å². The molecule has 0 N–H and O–H groups in total. The number of nitrogens with zero attached hydrogens (tertiary/aromatic N) is 7. The molecule has 0 spiro atoms. The summed E-state index contributed by atoms with van der Waals surface area (Å²) in [5.41, 5.74) is 1.63. The predicted octanol–water partition coefficient (Wildman–Crippen LogP) is 5.49. The molecule has 1 saturated heterocycles. The summed E-state index contributed by atoms with van der Waals surface area (Å²) in [5.74, 6) is 0.628. The molecule has 1 saturated carbocycles. The molecule has 3 aromatic heterocycles. The Hall–Kier alpha value is -3.23. The molecule has 2 aliphatic rings. The fraction of sp³-hybridized carbons (Fsp3) is 0.621. The monoisotopic (exact) mass is 563 g/mol. The quantitative estimate of drug-likeness (QED) is 0.263. The van der Waals surface area contributed by atoms with Gasteiger partial charge in [0.25, 0.3) is 0 Å². The number of likely N-dealkylation sites (tertiary alicyclic amines) is 1. The summed E-state index contributed by atoms with van der Waals surface area (Å²) < 4.78 is 15.6. The Kier molecular flexibility index (Phi) is 7.52. The number of rotatable bonds is 8. The largest absolute Gasteiger partial charge is 0.444 e. The number of aromatic nitrogens is 5. The Morgan fingerprint density at radius 3 is 2.58 bits per heavy atom. The lowest BCUT2D eigenvalue weighted by molar-refractivity contribution is 0.0271. The lowest BCUT2D eigenvalue weighted by atomic mass is 9.92. The Bertz CT molecular complexity index is 1400. The number of carbonyl (C=O) groups excluding carboxylic acids is 1. The molecule has 0 radical (unpaired) electrons. The van der Waals surface area contributed by atoms with Crippen LogP contribution in [0.3, 0.4) is 0 Å². The molecule has 0 bridgehead atoms. The Labute approximate surface area is 237 Å². The molecule has 3 aromatic rings. The van der Waals surface area contributed by atoms with E-state index in [4.69, 9.17) is 14.6 Å². The van der Waals surface area contributed by atoms with Gasteiger partial charge in [0.05, 0.1) is 29.9 Å². The van der Waals surface area contributed by atoms with Gasteiger partial charge in [-0.2, -0.15) is 10.4 Å². The van der Waals surface area contributed by atoms with Crippen molar-refractivity contribution in [2.24, 2.45) is 11.8 Å². The second-order valence-corrected chi connectivity index (χ2v) is 19.3. The summed E-state index contributed by atoms with van der Waals surface area (Å²) in [6, 6.07) is 5.56. The standard InChI is InChI=1S/C29H41N7O3Si/c1-28(2,3)39-27(37)35-16-21-13-29(8-9-30,14-22(21)17-35)36-18-23(15-33-36)25-24-7-10-34(26(24)32-19-31-25)20-38-11-12-40(4,5)6/h7,10,15,18-19,21-22H,8,11-14,16-17,20H2,1-6H3. The Morgan fingerprint density at radius 1 is 1.20 bits per heavy atom. The average Bonchev–Trinajstić information content (AvgIpc) is 3.62. The second-order valence-electron chi connectivity index (χ2n) is 13.6. The van der Waals surface area contributed by atoms with Crippen LogP contribution in [0, 0.1) is 23.2 Å². The van der Waals surface area contributed by atoms with E-state index in [-0.39, 0.29) is 6.09 Å². The maximum atomic E-state index is 12.6. The summed E-state index contributed by atoms with van der Waals surface area (Å²) in [5, 5.41) is 15.5. The van der Waals surface area contributed by atoms with E-state index in [1.165, 1.54) is 0 Å². The molecule has 214 valence electrons. The van der Waals surface area contributed by atoms with Crippen LogP contribution in [0.5, 0.6) is 0 Å². The summed E-state index contributed by atoms with van der Waals surface area (Å²) >= 11 is 0. The lowest BCUT2D eigenvalue weighted by Crippen LogP contribution is -2.38. The van der Waals surface area contributed by atoms with E-state index in [0.29, 0.717) is 38.1 Å². The Balaban J connectivity index is 1.32. The lowest BCUT2D eigenvalue weighted by Gasteiger charge is -2.30. The van der Waals surface area contributed by atoms with Crippen LogP contribution >= 0.6 is 0 Å². The minimum atomic E-state index is -1.14. The van der Waals surface area contributed by atoms with Crippen molar-refractivity contribution in [3.05, 3.63) is 31.0 Å². The average molecular weight is 564 g/mol. The highest BCUT2D eigenvalue weighted by atomic mass is 28.3. The van der Waals surface area contributed by atoms with Crippen molar-refractivity contribution in [3.8, 4) is 17.3 Å². The minimum Gasteiger partial charge on any atom is -0.444 e. The van der Waals surface area contributed by atoms with E-state index < -0.39 is 19.2 Å². The second kappa shape index (κ2) is 10.6. The van der Waals surface area contributed by atoms with Crippen LogP contribution in [0.25, 0.3) is 22.3 Å². The van der Waals surface area contributed by atoms with Crippen molar-refractivity contribution in [1.82, 2.24) is 29.2 Å². The van der Waals surface area contributed by atoms with Crippen molar-refractivity contribution in [2.75, 3.05) is 19.7 Å². The fourth-order valence-electron chi connectivity index (χ4n) is 6.08. The molecule has 10 nitrogen and oxygen atoms in total. The van der Waals surface area contributed by atoms with Crippen LogP contribution in [-0.4, -0.2) is 68.7 Å². The van der Waals surface area contributed by atoms with E-state index in [2.05, 4.69) is 35.7 Å². The van der Waals surface area contributed by atoms with E-state index in [1.807, 2.05) is 59.6 Å². The topological polar surface area (TPSA) is 111 Å². The molecule has 4 heterocycles. The molecular formula is C29H41N7O3Si. The number of hydrogen-bond donors (Lipinski definition) is 0. The number of nitriles is 1. The molecule has 11 heteroatoms. The van der Waals surface area contributed by atoms with Crippen molar-refractivity contribution >= 4 is 25.2 Å². The van der Waals surface area contributed by atoms with Crippen molar-refractivity contribution < 1.29 is 14.3 Å². The van der Waals surface area contributed by atoms with Gasteiger partial charge in [-0.1, -0.05) is 19.6 Å². The Morgan fingerprint density at radius 2 is 1.93 bits per heavy atom. The molecule has 0 aromatic carbocycles. The maximum Gasteiger partial charge on any atom is 0.410 e. The third-order valence-electron chi connectivity index (χ3n) is 8.05. The number of carbonyl (C=O) groups is 1. The molecule has 2 atom stereocenters. The zero-order chi connectivity index (χ0) is 28.7. The van der Waals surface area contributed by atoms with Gasteiger partial charge < -0.3 is 18.9 Å². The first-order valence-electron chi connectivity index (χ1n) is 14.2. The van der Waals surface area contributed by atoms with Crippen molar-refractivity contribution in [1.29, 1.82) is 5.26 Å². The first-order valence-corrected chi connectivity index (χ1v) is 17.9. The highest BCUT2D eigenvalue weighted by Crippen LogP contribution is 2.50. The first-order chi connectivity index (χ1) is 18.9. The van der Waals surface area contributed by atoms with Gasteiger partial charge in [-0.15, -0.1) is 0 Å². The number of hydrogen-bond acceptors (Lipinski definition) is 7. The van der Waals surface area contributed by atoms with Crippen LogP contribution in [0.1, 0.15) is 40.0 Å². The summed E-state index contributed by atoms with van der Waals surface area (Å²) in [7, 11) is -1.14. The van der Waals surface area contributed by atoms with Gasteiger partial charge >= 0.3 is 6.09 Å². The third-order valence-corrected chi connectivity index (χ3v) is 9.75. The van der Waals surface area contributed by atoms with Gasteiger partial charge in [0.2, 0.25) is 0 Å². The van der Waals surface area contributed by atoms with Gasteiger partial charge in [-0.05, 0) is 57.6 Å². The van der Waals surface area contributed by atoms with Gasteiger partial charge in [-0.3, -0.25) is 4.68 Å². The molecule has 1 amide bonds. The van der Waals surface area contributed by atoms with E-state index in [0.717, 1.165) is 47.8 Å². The van der Waals surface area contributed by atoms with Crippen LogP contribution < -0.4 is 0 Å². The van der Waals surface area contributed by atoms with E-state index >= 15 is 0 Å². The summed E-state index contributed by atoms with van der Waals surface area (Å²) in [4.78, 5) is 23.6. The van der Waals surface area contributed by atoms with Gasteiger partial charge in [0.1, 0.15) is 24.3 Å². The molecule has 2 fully saturated rings. The van der Waals surface area contributed by atoms with E-state index in [1.54, 1.807) is 6.33 Å². The maximum absolute atomic E-state index is 12.6.